The van der Waals surface area contributed by atoms with Gasteiger partial charge in [-0.2, -0.15) is 0 Å². The maximum Gasteiger partial charge on any atom is 0.341 e. The van der Waals surface area contributed by atoms with Crippen molar-refractivity contribution in [3.8, 4) is 0 Å². The summed E-state index contributed by atoms with van der Waals surface area (Å²) in [5.41, 5.74) is 1.51. The smallest absolute Gasteiger partial charge is 0.341 e. The van der Waals surface area contributed by atoms with Crippen molar-refractivity contribution in [3.05, 3.63) is 11.3 Å². The highest BCUT2D eigenvalue weighted by Gasteiger charge is 2.54. The predicted octanol–water partition coefficient (Wildman–Crippen LogP) is 2.76. The Morgan fingerprint density at radius 3 is 2.43 bits per heavy atom. The van der Waals surface area contributed by atoms with Crippen molar-refractivity contribution in [1.29, 1.82) is 0 Å². The number of carbonyl (C=O) groups excluding carboxylic acids is 2. The number of hydrogen-bond acceptors (Lipinski definition) is 5. The average molecular weight is 485 g/mol. The van der Waals surface area contributed by atoms with Gasteiger partial charge < -0.3 is 9.41 Å². The zero-order valence-electron chi connectivity index (χ0n) is 14.5. The second kappa shape index (κ2) is 6.81. The fraction of sp³-hybridized carbons (Fsp3) is 0.714. The van der Waals surface area contributed by atoms with Gasteiger partial charge in [0.25, 0.3) is 0 Å². The molecule has 2 aliphatic heterocycles. The van der Waals surface area contributed by atoms with Crippen LogP contribution in [-0.2, 0) is 14.0 Å². The van der Waals surface area contributed by atoms with Crippen molar-refractivity contribution in [2.75, 3.05) is 10.2 Å². The number of β-lactam (4-membered cyclic amide) rings is 1. The van der Waals surface area contributed by atoms with Crippen LogP contribution in [0.3, 0.4) is 0 Å². The molecule has 9 heteroatoms. The molecule has 1 N–H and O–H groups in total. The van der Waals surface area contributed by atoms with Gasteiger partial charge in [0.1, 0.15) is 25.3 Å². The van der Waals surface area contributed by atoms with E-state index >= 15 is 0 Å². The third kappa shape index (κ3) is 4.41. The van der Waals surface area contributed by atoms with E-state index in [0.717, 1.165) is 15.8 Å². The molecular formula is C14H25IN2O3SSi2. The topological polar surface area (TPSA) is 58.6 Å². The van der Waals surface area contributed by atoms with E-state index in [2.05, 4.69) is 47.2 Å². The Morgan fingerprint density at radius 2 is 1.96 bits per heavy atom. The summed E-state index contributed by atoms with van der Waals surface area (Å²) in [6.45, 7) is 12.5. The van der Waals surface area contributed by atoms with E-state index in [4.69, 9.17) is 4.43 Å². The van der Waals surface area contributed by atoms with E-state index in [0.29, 0.717) is 5.70 Å². The lowest BCUT2D eigenvalue weighted by Crippen LogP contribution is -2.73. The molecule has 1 fully saturated rings. The van der Waals surface area contributed by atoms with E-state index in [-0.39, 0.29) is 23.3 Å². The fourth-order valence-corrected chi connectivity index (χ4v) is 6.90. The van der Waals surface area contributed by atoms with Crippen LogP contribution in [0.5, 0.6) is 0 Å². The Bertz CT molecular complexity index is 557. The first-order valence-corrected chi connectivity index (χ1v) is 17.2. The monoisotopic (exact) mass is 484 g/mol. The van der Waals surface area contributed by atoms with Gasteiger partial charge in [-0.05, 0) is 25.2 Å². The van der Waals surface area contributed by atoms with Crippen LogP contribution in [0.25, 0.3) is 0 Å². The minimum atomic E-state index is -1.99. The molecule has 0 bridgehead atoms. The van der Waals surface area contributed by atoms with Crippen LogP contribution in [0, 0.1) is 0 Å². The van der Waals surface area contributed by atoms with E-state index in [1.807, 2.05) is 19.6 Å². The largest absolute Gasteiger partial charge is 0.515 e. The minimum Gasteiger partial charge on any atom is -0.515 e. The number of nitrogens with one attached hydrogen (secondary N) is 1. The van der Waals surface area contributed by atoms with Gasteiger partial charge in [0, 0.05) is 10.2 Å². The summed E-state index contributed by atoms with van der Waals surface area (Å²) < 4.78 is 6.41. The van der Waals surface area contributed by atoms with E-state index in [1.54, 1.807) is 16.7 Å². The molecule has 0 aromatic rings. The molecule has 5 nitrogen and oxygen atoms in total. The Labute approximate surface area is 158 Å². The lowest BCUT2D eigenvalue weighted by molar-refractivity contribution is -0.147. The van der Waals surface area contributed by atoms with Crippen LogP contribution in [0.15, 0.2) is 11.3 Å². The van der Waals surface area contributed by atoms with Crippen LogP contribution in [0.1, 0.15) is 0 Å². The van der Waals surface area contributed by atoms with Crippen LogP contribution in [0.4, 0.5) is 0 Å². The van der Waals surface area contributed by atoms with E-state index in [9.17, 15) is 9.59 Å². The molecule has 2 aliphatic rings. The van der Waals surface area contributed by atoms with Crippen LogP contribution in [0.2, 0.25) is 39.3 Å². The number of fused-ring (bicyclic) bond motifs is 1. The van der Waals surface area contributed by atoms with Gasteiger partial charge in [0.05, 0.1) is 0 Å². The lowest BCUT2D eigenvalue weighted by Gasteiger charge is -2.51. The Balaban J connectivity index is 2.25. The molecule has 0 saturated carbocycles. The van der Waals surface area contributed by atoms with Crippen molar-refractivity contribution >= 4 is 62.8 Å². The van der Waals surface area contributed by atoms with Crippen molar-refractivity contribution in [1.82, 2.24) is 9.88 Å². The molecule has 0 aromatic carbocycles. The first-order chi connectivity index (χ1) is 10.4. The molecule has 0 aliphatic carbocycles. The SMILES string of the molecule is C[Si](C)(C)NC1C(=O)N2C(C(=O)O[Si](C)(C)C)=C(CI)CS[C@H]12. The van der Waals surface area contributed by atoms with E-state index in [1.165, 1.54) is 0 Å². The van der Waals surface area contributed by atoms with Gasteiger partial charge in [0.15, 0.2) is 0 Å². The van der Waals surface area contributed by atoms with Crippen LogP contribution < -0.4 is 4.98 Å². The third-order valence-corrected chi connectivity index (χ3v) is 7.62. The molecule has 1 amide bonds. The summed E-state index contributed by atoms with van der Waals surface area (Å²) in [6, 6.07) is -0.169. The molecule has 2 rings (SSSR count). The fourth-order valence-electron chi connectivity index (χ4n) is 2.57. The molecule has 23 heavy (non-hydrogen) atoms. The third-order valence-electron chi connectivity index (χ3n) is 3.39. The van der Waals surface area contributed by atoms with Gasteiger partial charge in [0.2, 0.25) is 14.2 Å². The highest BCUT2D eigenvalue weighted by molar-refractivity contribution is 14.1. The molecule has 1 unspecified atom stereocenters. The number of thioether (sulfide) groups is 1. The zero-order chi connectivity index (χ0) is 17.6. The summed E-state index contributed by atoms with van der Waals surface area (Å²) in [6.07, 6.45) is 0. The molecule has 2 heterocycles. The zero-order valence-corrected chi connectivity index (χ0v) is 19.5. The number of hydrogen-bond donors (Lipinski definition) is 1. The van der Waals surface area contributed by atoms with Crippen LogP contribution in [-0.4, -0.2) is 54.9 Å². The van der Waals surface area contributed by atoms with E-state index < -0.39 is 16.6 Å². The number of rotatable bonds is 5. The molecule has 0 spiro atoms. The second-order valence-corrected chi connectivity index (χ2v) is 19.0. The number of carbonyl (C=O) groups is 2. The summed E-state index contributed by atoms with van der Waals surface area (Å²) in [7, 11) is -3.55. The maximum absolute atomic E-state index is 12.7. The quantitative estimate of drug-likeness (QED) is 0.282. The standard InChI is InChI=1S/C14H25IN2O3SSi2/c1-22(2,3)16-10-12(18)17-11(14(19)20-23(4,5)6)9(7-15)8-21-13(10)17/h10,13,16H,7-8H2,1-6H3/t10?,13-/m1/s1. The molecule has 1 saturated heterocycles. The molecular weight excluding hydrogens is 459 g/mol. The minimum absolute atomic E-state index is 0.00880. The summed E-state index contributed by atoms with van der Waals surface area (Å²) in [4.78, 5) is 30.5. The Hall–Kier alpha value is 0.154. The normalized spacial score (nSPS) is 25.2. The van der Waals surface area contributed by atoms with Gasteiger partial charge in [-0.3, -0.25) is 9.69 Å². The van der Waals surface area contributed by atoms with Gasteiger partial charge >= 0.3 is 5.97 Å². The summed E-state index contributed by atoms with van der Waals surface area (Å²) >= 11 is 4.00. The highest BCUT2D eigenvalue weighted by atomic mass is 127. The molecule has 2 atom stereocenters. The molecule has 130 valence electrons. The van der Waals surface area contributed by atoms with Crippen LogP contribution >= 0.6 is 34.4 Å². The average Bonchev–Trinajstić information content (AvgIpc) is 2.40. The maximum atomic E-state index is 12.7. The number of alkyl halides is 1. The van der Waals surface area contributed by atoms with Crippen molar-refractivity contribution in [2.45, 2.75) is 50.7 Å². The van der Waals surface area contributed by atoms with Gasteiger partial charge in [-0.1, -0.05) is 42.2 Å². The number of nitrogens with zero attached hydrogens (tertiary/aromatic N) is 1. The second-order valence-electron chi connectivity index (χ2n) is 7.87. The molecule has 0 radical (unpaired) electrons. The highest BCUT2D eigenvalue weighted by Crippen LogP contribution is 2.41. The first kappa shape index (κ1) is 19.5. The van der Waals surface area contributed by atoms with Gasteiger partial charge in [-0.25, -0.2) is 4.79 Å². The predicted molar refractivity (Wildman–Crippen MR) is 109 cm³/mol. The molecule has 0 aromatic heterocycles. The first-order valence-electron chi connectivity index (χ1n) is 7.68. The lowest BCUT2D eigenvalue weighted by atomic mass is 10.0. The van der Waals surface area contributed by atoms with Crippen molar-refractivity contribution in [3.63, 3.8) is 0 Å². The summed E-state index contributed by atoms with van der Waals surface area (Å²) in [5.74, 6) is 0.479. The number of amides is 1. The van der Waals surface area contributed by atoms with Crippen molar-refractivity contribution in [2.24, 2.45) is 0 Å². The number of halogens is 1. The summed E-state index contributed by atoms with van der Waals surface area (Å²) in [5, 5.41) is 0.0186. The Morgan fingerprint density at radius 1 is 1.35 bits per heavy atom. The van der Waals surface area contributed by atoms with Crippen molar-refractivity contribution < 1.29 is 14.0 Å². The van der Waals surface area contributed by atoms with Gasteiger partial charge in [-0.15, -0.1) is 11.8 Å². The Kier molecular flexibility index (Phi) is 5.77.